The molecule has 1 heterocycles. The lowest BCUT2D eigenvalue weighted by Crippen LogP contribution is -2.48. The van der Waals surface area contributed by atoms with Crippen LogP contribution >= 0.6 is 11.6 Å². The van der Waals surface area contributed by atoms with Gasteiger partial charge in [-0.2, -0.15) is 0 Å². The molecule has 5 heteroatoms. The molecule has 0 N–H and O–H groups in total. The average molecular weight is 297 g/mol. The average Bonchev–Trinajstić information content (AvgIpc) is 2.47. The van der Waals surface area contributed by atoms with E-state index in [2.05, 4.69) is 11.0 Å². The van der Waals surface area contributed by atoms with Crippen molar-refractivity contribution in [3.05, 3.63) is 34.9 Å². The van der Waals surface area contributed by atoms with Crippen molar-refractivity contribution in [1.29, 1.82) is 0 Å². The maximum atomic E-state index is 11.4. The molecule has 0 saturated carbocycles. The Morgan fingerprint density at radius 2 is 2.05 bits per heavy atom. The molecule has 0 radical (unpaired) electrons. The van der Waals surface area contributed by atoms with Gasteiger partial charge in [0.1, 0.15) is 0 Å². The molecule has 0 aromatic heterocycles. The zero-order valence-corrected chi connectivity index (χ0v) is 12.6. The number of aryl methyl sites for hydroxylation is 1. The molecule has 1 fully saturated rings. The van der Waals surface area contributed by atoms with E-state index in [-0.39, 0.29) is 6.09 Å². The van der Waals surface area contributed by atoms with E-state index in [4.69, 9.17) is 16.3 Å². The van der Waals surface area contributed by atoms with E-state index in [1.54, 1.807) is 4.90 Å². The first-order chi connectivity index (χ1) is 9.69. The second-order valence-corrected chi connectivity index (χ2v) is 5.47. The molecule has 4 nitrogen and oxygen atoms in total. The van der Waals surface area contributed by atoms with Gasteiger partial charge in [-0.15, -0.1) is 0 Å². The quantitative estimate of drug-likeness (QED) is 0.856. The molecule has 1 aliphatic heterocycles. The largest absolute Gasteiger partial charge is 0.453 e. The number of methoxy groups -OCH3 is 1. The van der Waals surface area contributed by atoms with Crippen LogP contribution in [0.2, 0.25) is 5.02 Å². The van der Waals surface area contributed by atoms with Crippen LogP contribution in [-0.2, 0) is 11.2 Å². The maximum absolute atomic E-state index is 11.4. The summed E-state index contributed by atoms with van der Waals surface area (Å²) in [6.45, 7) is 4.41. The third kappa shape index (κ3) is 4.39. The van der Waals surface area contributed by atoms with Crippen LogP contribution in [0.5, 0.6) is 0 Å². The number of hydrogen-bond donors (Lipinski definition) is 0. The molecule has 1 aromatic rings. The minimum atomic E-state index is -0.219. The van der Waals surface area contributed by atoms with Crippen LogP contribution < -0.4 is 0 Å². The van der Waals surface area contributed by atoms with E-state index in [1.807, 2.05) is 18.2 Å². The smallest absolute Gasteiger partial charge is 0.409 e. The number of halogens is 1. The van der Waals surface area contributed by atoms with Crippen molar-refractivity contribution in [3.63, 3.8) is 0 Å². The Hall–Kier alpha value is -1.26. The van der Waals surface area contributed by atoms with Gasteiger partial charge in [-0.1, -0.05) is 23.7 Å². The lowest BCUT2D eigenvalue weighted by molar-refractivity contribution is 0.0907. The topological polar surface area (TPSA) is 32.8 Å². The van der Waals surface area contributed by atoms with E-state index in [1.165, 1.54) is 12.7 Å². The highest BCUT2D eigenvalue weighted by molar-refractivity contribution is 6.30. The molecule has 1 saturated heterocycles. The zero-order valence-electron chi connectivity index (χ0n) is 11.8. The fourth-order valence-electron chi connectivity index (χ4n) is 2.48. The molecule has 0 bridgehead atoms. The summed E-state index contributed by atoms with van der Waals surface area (Å²) in [4.78, 5) is 15.5. The molecule has 0 atom stereocenters. The van der Waals surface area contributed by atoms with E-state index in [0.29, 0.717) is 0 Å². The van der Waals surface area contributed by atoms with Gasteiger partial charge in [0.2, 0.25) is 0 Å². The molecule has 1 amide bonds. The van der Waals surface area contributed by atoms with Crippen LogP contribution in [0.3, 0.4) is 0 Å². The molecular weight excluding hydrogens is 276 g/mol. The summed E-state index contributed by atoms with van der Waals surface area (Å²) in [5.74, 6) is 0. The number of carbonyl (C=O) groups is 1. The van der Waals surface area contributed by atoms with E-state index in [9.17, 15) is 4.79 Å². The predicted molar refractivity (Wildman–Crippen MR) is 80.2 cm³/mol. The number of amides is 1. The van der Waals surface area contributed by atoms with Gasteiger partial charge < -0.3 is 9.64 Å². The summed E-state index contributed by atoms with van der Waals surface area (Å²) in [5, 5.41) is 0.800. The van der Waals surface area contributed by atoms with Crippen molar-refractivity contribution in [2.45, 2.75) is 12.8 Å². The Kier molecular flexibility index (Phi) is 5.68. The Bertz CT molecular complexity index is 445. The summed E-state index contributed by atoms with van der Waals surface area (Å²) in [7, 11) is 1.43. The SMILES string of the molecule is COC(=O)N1CCN(CCCc2cccc(Cl)c2)CC1. The number of piperazine rings is 1. The predicted octanol–water partition coefficient (Wildman–Crippen LogP) is 2.66. The summed E-state index contributed by atoms with van der Waals surface area (Å²) in [6, 6.07) is 8.03. The molecule has 110 valence electrons. The summed E-state index contributed by atoms with van der Waals surface area (Å²) < 4.78 is 4.73. The van der Waals surface area contributed by atoms with Crippen molar-refractivity contribution in [1.82, 2.24) is 9.80 Å². The lowest BCUT2D eigenvalue weighted by Gasteiger charge is -2.33. The van der Waals surface area contributed by atoms with E-state index >= 15 is 0 Å². The van der Waals surface area contributed by atoms with Crippen molar-refractivity contribution in [2.24, 2.45) is 0 Å². The van der Waals surface area contributed by atoms with E-state index < -0.39 is 0 Å². The molecule has 20 heavy (non-hydrogen) atoms. The molecule has 1 aliphatic rings. The molecular formula is C15H21ClN2O2. The number of hydrogen-bond acceptors (Lipinski definition) is 3. The minimum Gasteiger partial charge on any atom is -0.453 e. The van der Waals surface area contributed by atoms with Crippen molar-refractivity contribution >= 4 is 17.7 Å². The lowest BCUT2D eigenvalue weighted by atomic mass is 10.1. The number of carbonyl (C=O) groups excluding carboxylic acids is 1. The Morgan fingerprint density at radius 1 is 1.30 bits per heavy atom. The van der Waals surface area contributed by atoms with Gasteiger partial charge in [0.15, 0.2) is 0 Å². The highest BCUT2D eigenvalue weighted by Gasteiger charge is 2.20. The maximum Gasteiger partial charge on any atom is 0.409 e. The normalized spacial score (nSPS) is 16.2. The van der Waals surface area contributed by atoms with Gasteiger partial charge in [0.25, 0.3) is 0 Å². The first kappa shape index (κ1) is 15.1. The second kappa shape index (κ2) is 7.50. The number of ether oxygens (including phenoxy) is 1. The van der Waals surface area contributed by atoms with Crippen molar-refractivity contribution in [3.8, 4) is 0 Å². The summed E-state index contributed by atoms with van der Waals surface area (Å²) >= 11 is 5.97. The van der Waals surface area contributed by atoms with Crippen LogP contribution in [0.15, 0.2) is 24.3 Å². The Balaban J connectivity index is 1.67. The van der Waals surface area contributed by atoms with Crippen LogP contribution in [0.1, 0.15) is 12.0 Å². The van der Waals surface area contributed by atoms with Gasteiger partial charge in [-0.3, -0.25) is 4.90 Å². The van der Waals surface area contributed by atoms with Crippen LogP contribution in [0.4, 0.5) is 4.79 Å². The fraction of sp³-hybridized carbons (Fsp3) is 0.533. The van der Waals surface area contributed by atoms with Gasteiger partial charge in [0.05, 0.1) is 7.11 Å². The first-order valence-electron chi connectivity index (χ1n) is 6.99. The standard InChI is InChI=1S/C15H21ClN2O2/c1-20-15(19)18-10-8-17(9-11-18)7-3-5-13-4-2-6-14(16)12-13/h2,4,6,12H,3,5,7-11H2,1H3. The van der Waals surface area contributed by atoms with Crippen molar-refractivity contribution < 1.29 is 9.53 Å². The van der Waals surface area contributed by atoms with Crippen LogP contribution in [-0.4, -0.2) is 55.7 Å². The van der Waals surface area contributed by atoms with Crippen molar-refractivity contribution in [2.75, 3.05) is 39.8 Å². The number of benzene rings is 1. The Morgan fingerprint density at radius 3 is 2.70 bits per heavy atom. The first-order valence-corrected chi connectivity index (χ1v) is 7.36. The molecule has 2 rings (SSSR count). The van der Waals surface area contributed by atoms with Gasteiger partial charge >= 0.3 is 6.09 Å². The van der Waals surface area contributed by atoms with E-state index in [0.717, 1.165) is 50.6 Å². The second-order valence-electron chi connectivity index (χ2n) is 5.03. The monoisotopic (exact) mass is 296 g/mol. The highest BCUT2D eigenvalue weighted by atomic mass is 35.5. The number of nitrogens with zero attached hydrogens (tertiary/aromatic N) is 2. The van der Waals surface area contributed by atoms with Gasteiger partial charge in [-0.05, 0) is 37.1 Å². The summed E-state index contributed by atoms with van der Waals surface area (Å²) in [5.41, 5.74) is 1.28. The van der Waals surface area contributed by atoms with Crippen LogP contribution in [0, 0.1) is 0 Å². The van der Waals surface area contributed by atoms with Gasteiger partial charge in [-0.25, -0.2) is 4.79 Å². The Labute approximate surface area is 125 Å². The molecule has 0 spiro atoms. The third-order valence-corrected chi connectivity index (χ3v) is 3.87. The highest BCUT2D eigenvalue weighted by Crippen LogP contribution is 2.13. The van der Waals surface area contributed by atoms with Crippen LogP contribution in [0.25, 0.3) is 0 Å². The van der Waals surface area contributed by atoms with Gasteiger partial charge in [0, 0.05) is 31.2 Å². The molecule has 1 aromatic carbocycles. The minimum absolute atomic E-state index is 0.219. The number of rotatable bonds is 4. The molecule has 0 aliphatic carbocycles. The molecule has 0 unspecified atom stereocenters. The summed E-state index contributed by atoms with van der Waals surface area (Å²) in [6.07, 6.45) is 1.93. The fourth-order valence-corrected chi connectivity index (χ4v) is 2.70. The third-order valence-electron chi connectivity index (χ3n) is 3.63. The zero-order chi connectivity index (χ0) is 14.4.